The van der Waals surface area contributed by atoms with Gasteiger partial charge in [0, 0.05) is 27.5 Å². The van der Waals surface area contributed by atoms with Crippen molar-refractivity contribution in [1.29, 1.82) is 0 Å². The Bertz CT molecular complexity index is 844. The third kappa shape index (κ3) is 3.29. The van der Waals surface area contributed by atoms with Crippen LogP contribution in [0, 0.1) is 0 Å². The van der Waals surface area contributed by atoms with E-state index < -0.39 is 0 Å². The predicted octanol–water partition coefficient (Wildman–Crippen LogP) is 4.84. The second-order valence-corrected chi connectivity index (χ2v) is 6.94. The SMILES string of the molecule is CCN=c1scc(-c2ccccc2Br)n1N=Cc1ccsc1. The van der Waals surface area contributed by atoms with Crippen molar-refractivity contribution in [2.75, 3.05) is 6.54 Å². The van der Waals surface area contributed by atoms with E-state index in [4.69, 9.17) is 0 Å². The van der Waals surface area contributed by atoms with Gasteiger partial charge in [-0.15, -0.1) is 11.3 Å². The van der Waals surface area contributed by atoms with E-state index >= 15 is 0 Å². The monoisotopic (exact) mass is 391 g/mol. The van der Waals surface area contributed by atoms with Crippen molar-refractivity contribution < 1.29 is 0 Å². The van der Waals surface area contributed by atoms with Crippen LogP contribution in [0.15, 0.2) is 61.0 Å². The maximum atomic E-state index is 4.64. The molecule has 1 aromatic carbocycles. The summed E-state index contributed by atoms with van der Waals surface area (Å²) in [6.45, 7) is 2.77. The van der Waals surface area contributed by atoms with Gasteiger partial charge in [0.05, 0.1) is 11.9 Å². The van der Waals surface area contributed by atoms with Crippen LogP contribution in [0.2, 0.25) is 0 Å². The van der Waals surface area contributed by atoms with Crippen LogP contribution < -0.4 is 4.80 Å². The molecule has 0 aliphatic heterocycles. The van der Waals surface area contributed by atoms with Gasteiger partial charge in [0.15, 0.2) is 0 Å². The molecule has 0 atom stereocenters. The van der Waals surface area contributed by atoms with Crippen LogP contribution in [0.1, 0.15) is 12.5 Å². The van der Waals surface area contributed by atoms with Crippen molar-refractivity contribution in [3.05, 3.63) is 61.3 Å². The lowest BCUT2D eigenvalue weighted by Gasteiger charge is -2.05. The number of hydrogen-bond donors (Lipinski definition) is 0. The molecule has 3 aromatic rings. The zero-order chi connectivity index (χ0) is 15.4. The Hall–Kier alpha value is -1.50. The van der Waals surface area contributed by atoms with E-state index in [1.54, 1.807) is 22.7 Å². The first-order valence-corrected chi connectivity index (χ1v) is 9.43. The van der Waals surface area contributed by atoms with Crippen LogP contribution in [0.4, 0.5) is 0 Å². The molecule has 6 heteroatoms. The second kappa shape index (κ2) is 7.17. The Kier molecular flexibility index (Phi) is 5.02. The molecule has 3 nitrogen and oxygen atoms in total. The van der Waals surface area contributed by atoms with Gasteiger partial charge in [-0.3, -0.25) is 4.99 Å². The van der Waals surface area contributed by atoms with Crippen molar-refractivity contribution >= 4 is 44.8 Å². The van der Waals surface area contributed by atoms with Gasteiger partial charge in [-0.2, -0.15) is 16.4 Å². The number of benzene rings is 1. The quantitative estimate of drug-likeness (QED) is 0.569. The molecule has 22 heavy (non-hydrogen) atoms. The Balaban J connectivity index is 2.12. The summed E-state index contributed by atoms with van der Waals surface area (Å²) < 4.78 is 2.96. The van der Waals surface area contributed by atoms with Gasteiger partial charge in [-0.1, -0.05) is 34.1 Å². The van der Waals surface area contributed by atoms with Crippen molar-refractivity contribution in [3.63, 3.8) is 0 Å². The Morgan fingerprint density at radius 1 is 1.23 bits per heavy atom. The Morgan fingerprint density at radius 3 is 2.82 bits per heavy atom. The number of rotatable bonds is 4. The minimum atomic E-state index is 0.740. The van der Waals surface area contributed by atoms with Crippen molar-refractivity contribution in [2.45, 2.75) is 6.92 Å². The first-order valence-electron chi connectivity index (χ1n) is 6.82. The van der Waals surface area contributed by atoms with E-state index in [-0.39, 0.29) is 0 Å². The van der Waals surface area contributed by atoms with E-state index in [1.807, 2.05) is 41.4 Å². The summed E-state index contributed by atoms with van der Waals surface area (Å²) in [7, 11) is 0. The van der Waals surface area contributed by atoms with E-state index in [1.165, 1.54) is 0 Å². The zero-order valence-electron chi connectivity index (χ0n) is 11.9. The Morgan fingerprint density at radius 2 is 2.09 bits per heavy atom. The van der Waals surface area contributed by atoms with Crippen LogP contribution in [0.5, 0.6) is 0 Å². The third-order valence-corrected chi connectivity index (χ3v) is 5.24. The van der Waals surface area contributed by atoms with Gasteiger partial charge in [-0.05, 0) is 29.8 Å². The Labute approximate surface area is 145 Å². The molecule has 0 amide bonds. The van der Waals surface area contributed by atoms with Crippen LogP contribution in [-0.2, 0) is 0 Å². The highest BCUT2D eigenvalue weighted by Gasteiger charge is 2.09. The molecule has 0 unspecified atom stereocenters. The zero-order valence-corrected chi connectivity index (χ0v) is 15.2. The fraction of sp³-hybridized carbons (Fsp3) is 0.125. The topological polar surface area (TPSA) is 29.6 Å². The highest BCUT2D eigenvalue weighted by Crippen LogP contribution is 2.28. The summed E-state index contributed by atoms with van der Waals surface area (Å²) in [6.07, 6.45) is 1.87. The normalized spacial score (nSPS) is 12.4. The summed E-state index contributed by atoms with van der Waals surface area (Å²) in [5.41, 5.74) is 3.25. The van der Waals surface area contributed by atoms with Crippen LogP contribution >= 0.6 is 38.6 Å². The van der Waals surface area contributed by atoms with Gasteiger partial charge in [0.25, 0.3) is 0 Å². The molecule has 0 fully saturated rings. The average Bonchev–Trinajstić information content (AvgIpc) is 3.16. The van der Waals surface area contributed by atoms with Gasteiger partial charge in [0.1, 0.15) is 0 Å². The lowest BCUT2D eigenvalue weighted by molar-refractivity contribution is 0.833. The molecule has 112 valence electrons. The van der Waals surface area contributed by atoms with E-state index in [2.05, 4.69) is 48.9 Å². The number of thiazole rings is 1. The maximum Gasteiger partial charge on any atom is 0.206 e. The summed E-state index contributed by atoms with van der Waals surface area (Å²) in [6, 6.07) is 10.2. The van der Waals surface area contributed by atoms with E-state index in [0.29, 0.717) is 0 Å². The highest BCUT2D eigenvalue weighted by atomic mass is 79.9. The van der Waals surface area contributed by atoms with Crippen LogP contribution in [-0.4, -0.2) is 17.4 Å². The molecule has 3 rings (SSSR count). The first kappa shape index (κ1) is 15.4. The van der Waals surface area contributed by atoms with E-state index in [9.17, 15) is 0 Å². The van der Waals surface area contributed by atoms with Crippen molar-refractivity contribution in [3.8, 4) is 11.3 Å². The summed E-state index contributed by atoms with van der Waals surface area (Å²) >= 11 is 6.89. The largest absolute Gasteiger partial charge is 0.258 e. The molecule has 2 heterocycles. The lowest BCUT2D eigenvalue weighted by Crippen LogP contribution is -2.12. The van der Waals surface area contributed by atoms with Gasteiger partial charge in [-0.25, -0.2) is 4.68 Å². The fourth-order valence-electron chi connectivity index (χ4n) is 1.98. The number of nitrogens with zero attached hydrogens (tertiary/aromatic N) is 3. The third-order valence-electron chi connectivity index (χ3n) is 2.99. The van der Waals surface area contributed by atoms with Gasteiger partial charge in [0.2, 0.25) is 4.80 Å². The predicted molar refractivity (Wildman–Crippen MR) is 98.9 cm³/mol. The molecular weight excluding hydrogens is 378 g/mol. The minimum absolute atomic E-state index is 0.740. The number of halogens is 1. The molecule has 0 N–H and O–H groups in total. The van der Waals surface area contributed by atoms with Gasteiger partial charge >= 0.3 is 0 Å². The lowest BCUT2D eigenvalue weighted by atomic mass is 10.2. The molecule has 2 aromatic heterocycles. The molecule has 0 saturated carbocycles. The van der Waals surface area contributed by atoms with Crippen LogP contribution in [0.25, 0.3) is 11.3 Å². The smallest absolute Gasteiger partial charge is 0.206 e. The molecule has 0 aliphatic rings. The molecule has 0 saturated heterocycles. The van der Waals surface area contributed by atoms with Crippen LogP contribution in [0.3, 0.4) is 0 Å². The summed E-state index contributed by atoms with van der Waals surface area (Å²) in [5.74, 6) is 0. The molecule has 0 bridgehead atoms. The maximum absolute atomic E-state index is 4.64. The number of aromatic nitrogens is 1. The average molecular weight is 392 g/mol. The second-order valence-electron chi connectivity index (χ2n) is 4.47. The minimum Gasteiger partial charge on any atom is -0.258 e. The summed E-state index contributed by atoms with van der Waals surface area (Å²) in [4.78, 5) is 5.44. The molecule has 0 aliphatic carbocycles. The van der Waals surface area contributed by atoms with E-state index in [0.717, 1.165) is 32.6 Å². The first-order chi connectivity index (χ1) is 10.8. The van der Waals surface area contributed by atoms with Crippen molar-refractivity contribution in [1.82, 2.24) is 4.68 Å². The fourth-order valence-corrected chi connectivity index (χ4v) is 3.97. The molecule has 0 radical (unpaired) electrons. The molecule has 0 spiro atoms. The number of hydrogen-bond acceptors (Lipinski definition) is 4. The van der Waals surface area contributed by atoms with Gasteiger partial charge < -0.3 is 0 Å². The van der Waals surface area contributed by atoms with Crippen molar-refractivity contribution in [2.24, 2.45) is 10.1 Å². The number of thiophene rings is 1. The standard InChI is InChI=1S/C16H14BrN3S2/c1-2-18-16-20(19-9-12-7-8-21-10-12)15(11-22-16)13-5-3-4-6-14(13)17/h3-11H,2H2,1H3. The summed E-state index contributed by atoms with van der Waals surface area (Å²) in [5, 5.41) is 10.9. The molecular formula is C16H14BrN3S2. The highest BCUT2D eigenvalue weighted by molar-refractivity contribution is 9.10.